The molecule has 0 aliphatic carbocycles. The molecule has 1 heterocycles. The number of rotatable bonds is 5. The van der Waals surface area contributed by atoms with Crippen molar-refractivity contribution in [2.75, 3.05) is 11.9 Å². The van der Waals surface area contributed by atoms with Crippen LogP contribution in [0, 0.1) is 0 Å². The topological polar surface area (TPSA) is 150 Å². The predicted molar refractivity (Wildman–Crippen MR) is 116 cm³/mol. The Morgan fingerprint density at radius 2 is 1.48 bits per heavy atom. The molecule has 9 nitrogen and oxygen atoms in total. The molecule has 33 heavy (non-hydrogen) atoms. The van der Waals surface area contributed by atoms with Gasteiger partial charge in [0.15, 0.2) is 12.4 Å². The van der Waals surface area contributed by atoms with Crippen LogP contribution in [0.5, 0.6) is 0 Å². The monoisotopic (exact) mass is 464 g/mol. The maximum atomic E-state index is 13.0. The summed E-state index contributed by atoms with van der Waals surface area (Å²) in [6.07, 6.45) is 0. The Morgan fingerprint density at radius 1 is 0.848 bits per heavy atom. The summed E-state index contributed by atoms with van der Waals surface area (Å²) in [4.78, 5) is 47.8. The molecule has 0 fully saturated rings. The van der Waals surface area contributed by atoms with Gasteiger partial charge >= 0.3 is 5.97 Å². The summed E-state index contributed by atoms with van der Waals surface area (Å²) in [5.41, 5.74) is 5.69. The van der Waals surface area contributed by atoms with Crippen molar-refractivity contribution in [3.05, 3.63) is 89.0 Å². The van der Waals surface area contributed by atoms with Gasteiger partial charge in [0.2, 0.25) is 15.7 Å². The van der Waals surface area contributed by atoms with Gasteiger partial charge in [-0.15, -0.1) is 0 Å². The van der Waals surface area contributed by atoms with Gasteiger partial charge in [-0.05, 0) is 54.6 Å². The molecule has 0 atom stereocenters. The predicted octanol–water partition coefficient (Wildman–Crippen LogP) is 1.96. The van der Waals surface area contributed by atoms with E-state index in [0.29, 0.717) is 5.69 Å². The first-order valence-electron chi connectivity index (χ1n) is 9.58. The molecule has 3 aromatic carbocycles. The number of primary amides is 1. The van der Waals surface area contributed by atoms with Gasteiger partial charge in [0.25, 0.3) is 5.91 Å². The molecular formula is C23H16N2O7S. The van der Waals surface area contributed by atoms with E-state index in [2.05, 4.69) is 5.32 Å². The minimum atomic E-state index is -4.01. The molecule has 10 heteroatoms. The summed E-state index contributed by atoms with van der Waals surface area (Å²) in [5, 5.41) is 2.49. The van der Waals surface area contributed by atoms with E-state index in [9.17, 15) is 27.6 Å². The third kappa shape index (κ3) is 4.11. The van der Waals surface area contributed by atoms with Crippen molar-refractivity contribution in [3.8, 4) is 0 Å². The maximum absolute atomic E-state index is 13.0. The number of ether oxygens (including phenoxy) is 1. The lowest BCUT2D eigenvalue weighted by atomic mass is 10.0. The lowest BCUT2D eigenvalue weighted by Crippen LogP contribution is -2.23. The lowest BCUT2D eigenvalue weighted by molar-refractivity contribution is -0.119. The first-order chi connectivity index (χ1) is 15.7. The van der Waals surface area contributed by atoms with Crippen molar-refractivity contribution < 1.29 is 32.3 Å². The summed E-state index contributed by atoms with van der Waals surface area (Å²) in [5.74, 6) is -2.65. The Hall–Kier alpha value is -4.31. The average Bonchev–Trinajstić information content (AvgIpc) is 2.81. The third-order valence-electron chi connectivity index (χ3n) is 4.96. The average molecular weight is 464 g/mol. The highest BCUT2D eigenvalue weighted by molar-refractivity contribution is 7.91. The molecule has 0 spiro atoms. The number of ketones is 1. The van der Waals surface area contributed by atoms with E-state index in [1.807, 2.05) is 0 Å². The number of nitrogens with one attached hydrogen (secondary N) is 1. The molecule has 0 aromatic heterocycles. The molecule has 3 N–H and O–H groups in total. The highest BCUT2D eigenvalue weighted by atomic mass is 32.2. The number of hydrogen-bond acceptors (Lipinski definition) is 7. The highest BCUT2D eigenvalue weighted by Gasteiger charge is 2.35. The Balaban J connectivity index is 1.48. The van der Waals surface area contributed by atoms with Gasteiger partial charge in [0.1, 0.15) is 0 Å². The van der Waals surface area contributed by atoms with Crippen molar-refractivity contribution in [1.82, 2.24) is 0 Å². The number of carbonyl (C=O) groups excluding carboxylic acids is 4. The van der Waals surface area contributed by atoms with Crippen molar-refractivity contribution >= 4 is 39.1 Å². The Labute approximate surface area is 188 Å². The molecule has 1 aliphatic heterocycles. The Bertz CT molecular complexity index is 1430. The number of anilines is 1. The normalized spacial score (nSPS) is 13.4. The van der Waals surface area contributed by atoms with E-state index in [-0.39, 0.29) is 32.0 Å². The van der Waals surface area contributed by atoms with Gasteiger partial charge in [-0.25, -0.2) is 13.2 Å². The van der Waals surface area contributed by atoms with Crippen LogP contribution in [-0.2, 0) is 19.4 Å². The van der Waals surface area contributed by atoms with E-state index in [1.165, 1.54) is 54.6 Å². The van der Waals surface area contributed by atoms with Gasteiger partial charge in [-0.2, -0.15) is 0 Å². The minimum absolute atomic E-state index is 0.0394. The molecule has 0 saturated carbocycles. The minimum Gasteiger partial charge on any atom is -0.452 e. The number of carbonyl (C=O) groups is 4. The van der Waals surface area contributed by atoms with Crippen LogP contribution in [0.1, 0.15) is 36.6 Å². The summed E-state index contributed by atoms with van der Waals surface area (Å²) in [7, 11) is -4.01. The Morgan fingerprint density at radius 3 is 2.18 bits per heavy atom. The maximum Gasteiger partial charge on any atom is 0.338 e. The van der Waals surface area contributed by atoms with Gasteiger partial charge in [-0.1, -0.05) is 12.1 Å². The highest BCUT2D eigenvalue weighted by Crippen LogP contribution is 2.34. The van der Waals surface area contributed by atoms with Gasteiger partial charge in [-0.3, -0.25) is 14.4 Å². The first kappa shape index (κ1) is 21.9. The van der Waals surface area contributed by atoms with E-state index in [0.717, 1.165) is 6.07 Å². The van der Waals surface area contributed by atoms with Gasteiger partial charge in [0.05, 0.1) is 15.4 Å². The second-order valence-corrected chi connectivity index (χ2v) is 8.99. The molecule has 2 amide bonds. The van der Waals surface area contributed by atoms with Crippen LogP contribution in [0.3, 0.4) is 0 Å². The number of esters is 1. The molecule has 1 aliphatic rings. The van der Waals surface area contributed by atoms with E-state index in [4.69, 9.17) is 10.5 Å². The fraction of sp³-hybridized carbons (Fsp3) is 0.0435. The smallest absolute Gasteiger partial charge is 0.338 e. The summed E-state index contributed by atoms with van der Waals surface area (Å²) in [6.45, 7) is -0.637. The van der Waals surface area contributed by atoms with Crippen LogP contribution in [0.15, 0.2) is 76.5 Å². The van der Waals surface area contributed by atoms with Crippen LogP contribution < -0.4 is 11.1 Å². The van der Waals surface area contributed by atoms with Crippen LogP contribution in [-0.4, -0.2) is 38.6 Å². The van der Waals surface area contributed by atoms with Crippen molar-refractivity contribution in [2.45, 2.75) is 9.79 Å². The fourth-order valence-electron chi connectivity index (χ4n) is 3.34. The molecule has 166 valence electrons. The van der Waals surface area contributed by atoms with Crippen molar-refractivity contribution in [1.29, 1.82) is 0 Å². The zero-order chi connectivity index (χ0) is 23.8. The molecule has 0 radical (unpaired) electrons. The number of fused-ring (bicyclic) bond motifs is 2. The van der Waals surface area contributed by atoms with Crippen LogP contribution in [0.4, 0.5) is 5.69 Å². The molecule has 3 aromatic rings. The van der Waals surface area contributed by atoms with Crippen LogP contribution in [0.25, 0.3) is 0 Å². The van der Waals surface area contributed by atoms with E-state index >= 15 is 0 Å². The first-order valence-corrected chi connectivity index (χ1v) is 11.1. The zero-order valence-corrected chi connectivity index (χ0v) is 17.7. The van der Waals surface area contributed by atoms with Crippen LogP contribution >= 0.6 is 0 Å². The van der Waals surface area contributed by atoms with E-state index < -0.39 is 40.0 Å². The molecule has 0 bridgehead atoms. The number of sulfone groups is 1. The lowest BCUT2D eigenvalue weighted by Gasteiger charge is -2.19. The number of nitrogens with two attached hydrogens (primary N) is 1. The largest absolute Gasteiger partial charge is 0.452 e. The molecular weight excluding hydrogens is 448 g/mol. The molecule has 4 rings (SSSR count). The quantitative estimate of drug-likeness (QED) is 0.429. The number of amides is 2. The van der Waals surface area contributed by atoms with Gasteiger partial charge < -0.3 is 15.8 Å². The molecule has 0 unspecified atom stereocenters. The van der Waals surface area contributed by atoms with Crippen LogP contribution in [0.2, 0.25) is 0 Å². The second-order valence-electron chi connectivity index (χ2n) is 7.11. The van der Waals surface area contributed by atoms with Crippen molar-refractivity contribution in [2.24, 2.45) is 5.73 Å². The molecule has 0 saturated heterocycles. The zero-order valence-electron chi connectivity index (χ0n) is 16.9. The summed E-state index contributed by atoms with van der Waals surface area (Å²) >= 11 is 0. The number of benzene rings is 3. The summed E-state index contributed by atoms with van der Waals surface area (Å²) < 4.78 is 30.9. The summed E-state index contributed by atoms with van der Waals surface area (Å²) in [6, 6.07) is 15.2. The SMILES string of the molecule is NC(=O)c1ccc(NC(=O)COC(=O)c2ccc3c(c2)S(=O)(=O)c2ccccc2C3=O)cc1. The second kappa shape index (κ2) is 8.32. The standard InChI is InChI=1S/C23H16N2O7S/c24-22(28)13-5-8-15(9-6-13)25-20(26)12-32-23(29)14-7-10-17-19(11-14)33(30,31)18-4-2-1-3-16(18)21(17)27/h1-11H,12H2,(H2,24,28)(H,25,26). The number of hydrogen-bond donors (Lipinski definition) is 2. The third-order valence-corrected chi connectivity index (χ3v) is 6.81. The Kier molecular flexibility index (Phi) is 5.52. The van der Waals surface area contributed by atoms with Crippen molar-refractivity contribution in [3.63, 3.8) is 0 Å². The van der Waals surface area contributed by atoms with Gasteiger partial charge in [0, 0.05) is 22.4 Å². The van der Waals surface area contributed by atoms with E-state index in [1.54, 1.807) is 6.07 Å². The fourth-order valence-corrected chi connectivity index (χ4v) is 5.02.